The number of aromatic nitrogens is 1. The third kappa shape index (κ3) is 3.57. The first-order valence-electron chi connectivity index (χ1n) is 8.41. The number of nitrogens with zero attached hydrogens (tertiary/aromatic N) is 2. The zero-order chi connectivity index (χ0) is 19.8. The van der Waals surface area contributed by atoms with Gasteiger partial charge in [0.1, 0.15) is 16.7 Å². The van der Waals surface area contributed by atoms with E-state index in [2.05, 4.69) is 10.3 Å². The monoisotopic (exact) mass is 395 g/mol. The Balaban J connectivity index is 1.81. The molecule has 1 saturated heterocycles. The van der Waals surface area contributed by atoms with E-state index in [4.69, 9.17) is 4.74 Å². The Labute approximate surface area is 159 Å². The molecule has 1 N–H and O–H groups in total. The van der Waals surface area contributed by atoms with E-state index >= 15 is 0 Å². The summed E-state index contributed by atoms with van der Waals surface area (Å²) >= 11 is 1.39. The number of thiazole rings is 1. The van der Waals surface area contributed by atoms with Crippen molar-refractivity contribution in [3.63, 3.8) is 0 Å². The molecule has 0 bridgehead atoms. The molecule has 2 unspecified atom stereocenters. The van der Waals surface area contributed by atoms with Gasteiger partial charge in [-0.15, -0.1) is 11.3 Å². The smallest absolute Gasteiger partial charge is 0.325 e. The van der Waals surface area contributed by atoms with E-state index in [1.54, 1.807) is 5.38 Å². The van der Waals surface area contributed by atoms with E-state index in [0.717, 1.165) is 22.0 Å². The molecule has 1 aliphatic rings. The van der Waals surface area contributed by atoms with Crippen LogP contribution in [0.5, 0.6) is 0 Å². The molecular formula is C18H19F2N3O3S. The Bertz CT molecular complexity index is 888. The van der Waals surface area contributed by atoms with Crippen molar-refractivity contribution in [2.75, 3.05) is 6.61 Å². The molecule has 2 heterocycles. The number of urea groups is 1. The molecule has 9 heteroatoms. The summed E-state index contributed by atoms with van der Waals surface area (Å²) in [4.78, 5) is 30.6. The molecule has 3 amide bonds. The Morgan fingerprint density at radius 2 is 2.07 bits per heavy atom. The summed E-state index contributed by atoms with van der Waals surface area (Å²) in [6, 6.07) is 2.52. The number of carbonyl (C=O) groups excluding carboxylic acids is 2. The van der Waals surface area contributed by atoms with Crippen molar-refractivity contribution in [3.8, 4) is 0 Å². The second kappa shape index (κ2) is 7.32. The third-order valence-electron chi connectivity index (χ3n) is 4.43. The number of hydrogen-bond donors (Lipinski definition) is 1. The number of imide groups is 1. The highest BCUT2D eigenvalue weighted by atomic mass is 32.1. The summed E-state index contributed by atoms with van der Waals surface area (Å²) < 4.78 is 32.3. The minimum Gasteiger partial charge on any atom is -0.372 e. The zero-order valence-corrected chi connectivity index (χ0v) is 15.9. The Morgan fingerprint density at radius 1 is 1.33 bits per heavy atom. The van der Waals surface area contributed by atoms with Crippen LogP contribution in [0.3, 0.4) is 0 Å². The van der Waals surface area contributed by atoms with Gasteiger partial charge >= 0.3 is 6.03 Å². The summed E-state index contributed by atoms with van der Waals surface area (Å²) in [5.74, 6) is -2.65. The second-order valence-corrected chi connectivity index (χ2v) is 7.24. The summed E-state index contributed by atoms with van der Waals surface area (Å²) in [5.41, 5.74) is -0.742. The minimum atomic E-state index is -1.47. The fourth-order valence-corrected chi connectivity index (χ4v) is 3.72. The predicted octanol–water partition coefficient (Wildman–Crippen LogP) is 3.49. The van der Waals surface area contributed by atoms with Gasteiger partial charge in [-0.2, -0.15) is 0 Å². The normalized spacial score (nSPS) is 20.9. The van der Waals surface area contributed by atoms with Gasteiger partial charge < -0.3 is 10.1 Å². The van der Waals surface area contributed by atoms with E-state index in [0.29, 0.717) is 12.3 Å². The van der Waals surface area contributed by atoms with Gasteiger partial charge in [0.2, 0.25) is 0 Å². The highest BCUT2D eigenvalue weighted by Crippen LogP contribution is 2.31. The van der Waals surface area contributed by atoms with Gasteiger partial charge in [0.15, 0.2) is 11.6 Å². The van der Waals surface area contributed by atoms with E-state index in [1.807, 2.05) is 13.8 Å². The third-order valence-corrected chi connectivity index (χ3v) is 5.48. The largest absolute Gasteiger partial charge is 0.372 e. The SMILES string of the molecule is CCOC(C)c1nc(CN2C(=O)NC(C)(c3ccc(F)c(F)c3)C2=O)cs1. The lowest BCUT2D eigenvalue weighted by molar-refractivity contribution is -0.131. The topological polar surface area (TPSA) is 71.5 Å². The Hall–Kier alpha value is -2.39. The molecule has 144 valence electrons. The van der Waals surface area contributed by atoms with Crippen LogP contribution in [0.15, 0.2) is 23.6 Å². The molecule has 2 atom stereocenters. The van der Waals surface area contributed by atoms with Crippen LogP contribution in [-0.4, -0.2) is 28.4 Å². The highest BCUT2D eigenvalue weighted by Gasteiger charge is 2.49. The number of carbonyl (C=O) groups is 2. The Morgan fingerprint density at radius 3 is 2.74 bits per heavy atom. The molecule has 0 saturated carbocycles. The maximum Gasteiger partial charge on any atom is 0.325 e. The van der Waals surface area contributed by atoms with Gasteiger partial charge in [-0.05, 0) is 38.5 Å². The number of nitrogens with one attached hydrogen (secondary N) is 1. The predicted molar refractivity (Wildman–Crippen MR) is 94.9 cm³/mol. The number of ether oxygens (including phenoxy) is 1. The van der Waals surface area contributed by atoms with Gasteiger partial charge in [0, 0.05) is 12.0 Å². The first kappa shape index (κ1) is 19.4. The van der Waals surface area contributed by atoms with Crippen molar-refractivity contribution in [1.82, 2.24) is 15.2 Å². The second-order valence-electron chi connectivity index (χ2n) is 6.35. The standard InChI is InChI=1S/C18H19F2N3O3S/c1-4-26-10(2)15-21-12(9-27-15)8-23-16(24)18(3,22-17(23)25)11-5-6-13(19)14(20)7-11/h5-7,9-10H,4,8H2,1-3H3,(H,22,25). The maximum absolute atomic E-state index is 13.6. The van der Waals surface area contributed by atoms with Crippen molar-refractivity contribution in [1.29, 1.82) is 0 Å². The van der Waals surface area contributed by atoms with E-state index < -0.39 is 29.1 Å². The molecule has 2 aromatic rings. The summed E-state index contributed by atoms with van der Waals surface area (Å²) in [6.07, 6.45) is -0.177. The van der Waals surface area contributed by atoms with E-state index in [9.17, 15) is 18.4 Å². The fraction of sp³-hybridized carbons (Fsp3) is 0.389. The maximum atomic E-state index is 13.6. The molecule has 1 aliphatic heterocycles. The number of amides is 3. The molecule has 0 spiro atoms. The van der Waals surface area contributed by atoms with Crippen molar-refractivity contribution in [2.24, 2.45) is 0 Å². The molecule has 0 aliphatic carbocycles. The van der Waals surface area contributed by atoms with Crippen LogP contribution in [0.2, 0.25) is 0 Å². The summed E-state index contributed by atoms with van der Waals surface area (Å²) in [5, 5.41) is 5.08. The summed E-state index contributed by atoms with van der Waals surface area (Å²) in [7, 11) is 0. The van der Waals surface area contributed by atoms with Crippen LogP contribution in [0.25, 0.3) is 0 Å². The van der Waals surface area contributed by atoms with Gasteiger partial charge in [0.05, 0.1) is 12.2 Å². The summed E-state index contributed by atoms with van der Waals surface area (Å²) in [6.45, 7) is 5.76. The number of halogens is 2. The van der Waals surface area contributed by atoms with Gasteiger partial charge in [-0.1, -0.05) is 6.07 Å². The van der Waals surface area contributed by atoms with Crippen molar-refractivity contribution < 1.29 is 23.1 Å². The first-order valence-corrected chi connectivity index (χ1v) is 9.29. The van der Waals surface area contributed by atoms with Crippen molar-refractivity contribution in [3.05, 3.63) is 51.5 Å². The van der Waals surface area contributed by atoms with Gasteiger partial charge in [-0.25, -0.2) is 18.6 Å². The van der Waals surface area contributed by atoms with Crippen LogP contribution in [0, 0.1) is 11.6 Å². The van der Waals surface area contributed by atoms with Crippen LogP contribution >= 0.6 is 11.3 Å². The lowest BCUT2D eigenvalue weighted by atomic mass is 9.92. The lowest BCUT2D eigenvalue weighted by Crippen LogP contribution is -2.41. The lowest BCUT2D eigenvalue weighted by Gasteiger charge is -2.22. The van der Waals surface area contributed by atoms with Gasteiger partial charge in [0.25, 0.3) is 5.91 Å². The first-order chi connectivity index (χ1) is 12.8. The van der Waals surface area contributed by atoms with Crippen LogP contribution in [0.4, 0.5) is 13.6 Å². The molecule has 3 rings (SSSR count). The molecule has 1 aromatic carbocycles. The van der Waals surface area contributed by atoms with Crippen LogP contribution in [0.1, 0.15) is 43.1 Å². The van der Waals surface area contributed by atoms with Crippen molar-refractivity contribution >= 4 is 23.3 Å². The zero-order valence-electron chi connectivity index (χ0n) is 15.1. The molecule has 1 fully saturated rings. The number of hydrogen-bond acceptors (Lipinski definition) is 5. The minimum absolute atomic E-state index is 0.0146. The molecule has 27 heavy (non-hydrogen) atoms. The Kier molecular flexibility index (Phi) is 5.25. The van der Waals surface area contributed by atoms with E-state index in [-0.39, 0.29) is 18.2 Å². The molecular weight excluding hydrogens is 376 g/mol. The van der Waals surface area contributed by atoms with Crippen molar-refractivity contribution in [2.45, 2.75) is 39.0 Å². The molecule has 1 aromatic heterocycles. The highest BCUT2D eigenvalue weighted by molar-refractivity contribution is 7.09. The van der Waals surface area contributed by atoms with Gasteiger partial charge in [-0.3, -0.25) is 9.69 Å². The van der Waals surface area contributed by atoms with Crippen LogP contribution in [-0.2, 0) is 21.6 Å². The molecule has 0 radical (unpaired) electrons. The molecule has 6 nitrogen and oxygen atoms in total. The quantitative estimate of drug-likeness (QED) is 0.760. The average molecular weight is 395 g/mol. The fourth-order valence-electron chi connectivity index (χ4n) is 2.91. The average Bonchev–Trinajstić information content (AvgIpc) is 3.17. The van der Waals surface area contributed by atoms with E-state index in [1.165, 1.54) is 24.3 Å². The number of rotatable bonds is 6. The number of benzene rings is 1. The van der Waals surface area contributed by atoms with Crippen LogP contribution < -0.4 is 5.32 Å².